The molecule has 0 heterocycles. The van der Waals surface area contributed by atoms with Gasteiger partial charge in [0.2, 0.25) is 0 Å². The van der Waals surface area contributed by atoms with Crippen molar-refractivity contribution in [3.63, 3.8) is 0 Å². The highest BCUT2D eigenvalue weighted by Gasteiger charge is 2.15. The first-order chi connectivity index (χ1) is 8.95. The Kier molecular flexibility index (Phi) is 6.79. The minimum Gasteiger partial charge on any atom is -0.495 e. The highest BCUT2D eigenvalue weighted by atomic mass is 35.5. The van der Waals surface area contributed by atoms with E-state index in [1.54, 1.807) is 0 Å². The normalized spacial score (nSPS) is 12.8. The first-order valence-electron chi connectivity index (χ1n) is 5.52. The molecule has 1 aromatic rings. The van der Waals surface area contributed by atoms with Crippen LogP contribution in [-0.2, 0) is 4.74 Å². The number of ether oxygens (including phenoxy) is 2. The number of aliphatic hydroxyl groups excluding tert-OH is 1. The largest absolute Gasteiger partial charge is 0.495 e. The van der Waals surface area contributed by atoms with Crippen molar-refractivity contribution < 1.29 is 23.4 Å². The van der Waals surface area contributed by atoms with E-state index in [4.69, 9.17) is 32.7 Å². The van der Waals surface area contributed by atoms with Crippen LogP contribution in [0.5, 0.6) is 5.75 Å². The summed E-state index contributed by atoms with van der Waals surface area (Å²) in [6.07, 6.45) is -3.31. The molecule has 7 heteroatoms. The van der Waals surface area contributed by atoms with Gasteiger partial charge in [-0.05, 0) is 6.07 Å². The summed E-state index contributed by atoms with van der Waals surface area (Å²) in [5.41, 5.74) is 0.410. The number of benzene rings is 1. The predicted octanol–water partition coefficient (Wildman–Crippen LogP) is 3.71. The van der Waals surface area contributed by atoms with Crippen LogP contribution in [0.25, 0.3) is 0 Å². The van der Waals surface area contributed by atoms with Gasteiger partial charge in [-0.25, -0.2) is 8.78 Å². The Morgan fingerprint density at radius 1 is 1.26 bits per heavy atom. The lowest BCUT2D eigenvalue weighted by Gasteiger charge is -2.14. The Morgan fingerprint density at radius 2 is 1.95 bits per heavy atom. The number of methoxy groups -OCH3 is 1. The maximum absolute atomic E-state index is 11.8. The second-order valence-corrected chi connectivity index (χ2v) is 4.59. The van der Waals surface area contributed by atoms with Crippen LogP contribution in [0.2, 0.25) is 10.0 Å². The molecule has 1 rings (SSSR count). The van der Waals surface area contributed by atoms with Crippen LogP contribution in [-0.4, -0.2) is 31.9 Å². The lowest BCUT2D eigenvalue weighted by Crippen LogP contribution is -2.09. The molecule has 0 aliphatic heterocycles. The lowest BCUT2D eigenvalue weighted by atomic mass is 10.1. The van der Waals surface area contributed by atoms with Crippen molar-refractivity contribution in [2.45, 2.75) is 19.0 Å². The van der Waals surface area contributed by atoms with Gasteiger partial charge in [-0.2, -0.15) is 0 Å². The zero-order valence-corrected chi connectivity index (χ0v) is 11.7. The van der Waals surface area contributed by atoms with Crippen LogP contribution in [0.1, 0.15) is 18.1 Å². The average molecular weight is 315 g/mol. The first-order valence-corrected chi connectivity index (χ1v) is 6.28. The van der Waals surface area contributed by atoms with E-state index in [2.05, 4.69) is 0 Å². The topological polar surface area (TPSA) is 38.7 Å². The lowest BCUT2D eigenvalue weighted by molar-refractivity contribution is 0.00482. The Morgan fingerprint density at radius 3 is 2.53 bits per heavy atom. The average Bonchev–Trinajstić information content (AvgIpc) is 2.36. The van der Waals surface area contributed by atoms with Crippen LogP contribution in [0.4, 0.5) is 8.78 Å². The van der Waals surface area contributed by atoms with Gasteiger partial charge in [0.1, 0.15) is 12.4 Å². The second-order valence-electron chi connectivity index (χ2n) is 3.78. The molecule has 1 unspecified atom stereocenters. The number of hydrogen-bond acceptors (Lipinski definition) is 3. The molecule has 19 heavy (non-hydrogen) atoms. The zero-order chi connectivity index (χ0) is 14.4. The third-order valence-corrected chi connectivity index (χ3v) is 3.03. The van der Waals surface area contributed by atoms with Crippen molar-refractivity contribution in [3.8, 4) is 5.75 Å². The monoisotopic (exact) mass is 314 g/mol. The standard InChI is InChI=1S/C12H14Cl2F2O3/c1-18-11-5-8(13)7(4-9(11)14)10(17)2-3-19-6-12(15)16/h4-5,10,12,17H,2-3,6H2,1H3. The molecule has 0 amide bonds. The minimum absolute atomic E-state index is 0.00544. The molecule has 0 fully saturated rings. The number of halogens is 4. The minimum atomic E-state index is -2.52. The Balaban J connectivity index is 2.61. The quantitative estimate of drug-likeness (QED) is 0.780. The maximum atomic E-state index is 11.8. The number of hydrogen-bond donors (Lipinski definition) is 1. The number of rotatable bonds is 7. The van der Waals surface area contributed by atoms with Crippen LogP contribution in [0.3, 0.4) is 0 Å². The van der Waals surface area contributed by atoms with Crippen molar-refractivity contribution in [2.24, 2.45) is 0 Å². The first kappa shape index (κ1) is 16.4. The molecule has 0 radical (unpaired) electrons. The molecule has 0 saturated carbocycles. The van der Waals surface area contributed by atoms with Gasteiger partial charge >= 0.3 is 0 Å². The molecule has 0 saturated heterocycles. The zero-order valence-electron chi connectivity index (χ0n) is 10.2. The van der Waals surface area contributed by atoms with E-state index >= 15 is 0 Å². The van der Waals surface area contributed by atoms with Crippen LogP contribution >= 0.6 is 23.2 Å². The summed E-state index contributed by atoms with van der Waals surface area (Å²) in [6.45, 7) is -0.644. The second kappa shape index (κ2) is 7.85. The molecule has 1 atom stereocenters. The van der Waals surface area contributed by atoms with Crippen LogP contribution in [0.15, 0.2) is 12.1 Å². The summed E-state index contributed by atoms with van der Waals surface area (Å²) in [4.78, 5) is 0. The van der Waals surface area contributed by atoms with E-state index in [1.807, 2.05) is 0 Å². The van der Waals surface area contributed by atoms with E-state index in [0.29, 0.717) is 21.4 Å². The third-order valence-electron chi connectivity index (χ3n) is 2.41. The van der Waals surface area contributed by atoms with Gasteiger partial charge in [0.15, 0.2) is 0 Å². The fraction of sp³-hybridized carbons (Fsp3) is 0.500. The van der Waals surface area contributed by atoms with Gasteiger partial charge in [-0.1, -0.05) is 23.2 Å². The molecule has 0 aliphatic carbocycles. The molecular formula is C12H14Cl2F2O3. The summed E-state index contributed by atoms with van der Waals surface area (Å²) in [7, 11) is 1.45. The van der Waals surface area contributed by atoms with E-state index in [0.717, 1.165) is 0 Å². The molecule has 1 N–H and O–H groups in total. The Labute approximate surface area is 120 Å². The molecule has 1 aromatic carbocycles. The highest BCUT2D eigenvalue weighted by Crippen LogP contribution is 2.34. The van der Waals surface area contributed by atoms with Gasteiger partial charge in [0.05, 0.1) is 23.3 Å². The van der Waals surface area contributed by atoms with Crippen LogP contribution < -0.4 is 4.74 Å². The maximum Gasteiger partial charge on any atom is 0.261 e. The van der Waals surface area contributed by atoms with Crippen LogP contribution in [0, 0.1) is 0 Å². The van der Waals surface area contributed by atoms with E-state index in [-0.39, 0.29) is 13.0 Å². The molecule has 0 bridgehead atoms. The summed E-state index contributed by atoms with van der Waals surface area (Å²) in [5, 5.41) is 10.5. The number of alkyl halides is 2. The summed E-state index contributed by atoms with van der Waals surface area (Å²) >= 11 is 11.9. The fourth-order valence-electron chi connectivity index (χ4n) is 1.48. The van der Waals surface area contributed by atoms with Gasteiger partial charge in [-0.15, -0.1) is 0 Å². The van der Waals surface area contributed by atoms with E-state index in [1.165, 1.54) is 19.2 Å². The molecule has 108 valence electrons. The summed E-state index contributed by atoms with van der Waals surface area (Å²) in [6, 6.07) is 2.98. The van der Waals surface area contributed by atoms with E-state index < -0.39 is 19.1 Å². The molecule has 0 aromatic heterocycles. The van der Waals surface area contributed by atoms with Gasteiger partial charge in [0, 0.05) is 24.7 Å². The molecular weight excluding hydrogens is 301 g/mol. The van der Waals surface area contributed by atoms with Gasteiger partial charge in [0.25, 0.3) is 6.43 Å². The Hall–Kier alpha value is -0.620. The summed E-state index contributed by atoms with van der Waals surface area (Å²) < 4.78 is 33.4. The fourth-order valence-corrected chi connectivity index (χ4v) is 2.01. The number of aliphatic hydroxyl groups is 1. The van der Waals surface area contributed by atoms with Crippen molar-refractivity contribution in [1.29, 1.82) is 0 Å². The molecule has 0 spiro atoms. The summed E-state index contributed by atoms with van der Waals surface area (Å²) in [5.74, 6) is 0.400. The van der Waals surface area contributed by atoms with E-state index in [9.17, 15) is 13.9 Å². The van der Waals surface area contributed by atoms with Gasteiger partial charge in [-0.3, -0.25) is 0 Å². The predicted molar refractivity (Wildman–Crippen MR) is 69.4 cm³/mol. The van der Waals surface area contributed by atoms with Crippen molar-refractivity contribution >= 4 is 23.2 Å². The van der Waals surface area contributed by atoms with Crippen molar-refractivity contribution in [1.82, 2.24) is 0 Å². The van der Waals surface area contributed by atoms with Gasteiger partial charge < -0.3 is 14.6 Å². The smallest absolute Gasteiger partial charge is 0.261 e. The third kappa shape index (κ3) is 5.10. The molecule has 3 nitrogen and oxygen atoms in total. The molecule has 0 aliphatic rings. The Bertz CT molecular complexity index is 416. The van der Waals surface area contributed by atoms with Crippen molar-refractivity contribution in [3.05, 3.63) is 27.7 Å². The SMILES string of the molecule is COc1cc(Cl)c(C(O)CCOCC(F)F)cc1Cl. The highest BCUT2D eigenvalue weighted by molar-refractivity contribution is 6.34. The van der Waals surface area contributed by atoms with Crippen molar-refractivity contribution in [2.75, 3.05) is 20.3 Å².